The molecule has 0 atom stereocenters. The van der Waals surface area contributed by atoms with E-state index in [2.05, 4.69) is 10.8 Å². The Morgan fingerprint density at radius 3 is 2.36 bits per heavy atom. The summed E-state index contributed by atoms with van der Waals surface area (Å²) in [6, 6.07) is 17.5. The summed E-state index contributed by atoms with van der Waals surface area (Å²) in [5.74, 6) is -0.309. The summed E-state index contributed by atoms with van der Waals surface area (Å²) in [7, 11) is 1.38. The Balaban J connectivity index is 1.70. The molecule has 0 aliphatic heterocycles. The van der Waals surface area contributed by atoms with Crippen LogP contribution < -0.4 is 0 Å². The van der Waals surface area contributed by atoms with Crippen LogP contribution in [0.5, 0.6) is 0 Å². The first-order valence-electron chi connectivity index (χ1n) is 7.23. The standard InChI is InChI=1S/C19H20O3/c1-21-19(20)18-12-10-16(11-13-18)7-5-6-14-22-15-17-8-3-2-4-9-17/h2-6,8-13H,7,14-15H2,1H3. The van der Waals surface area contributed by atoms with Gasteiger partial charge in [-0.05, 0) is 29.7 Å². The molecule has 0 aliphatic carbocycles. The second kappa shape index (κ2) is 8.80. The van der Waals surface area contributed by atoms with Crippen LogP contribution >= 0.6 is 0 Å². The minimum absolute atomic E-state index is 0.309. The number of rotatable bonds is 7. The zero-order valence-electron chi connectivity index (χ0n) is 12.7. The molecule has 2 rings (SSSR count). The third-order valence-electron chi connectivity index (χ3n) is 3.22. The highest BCUT2D eigenvalue weighted by molar-refractivity contribution is 5.89. The fraction of sp³-hybridized carbons (Fsp3) is 0.211. The van der Waals surface area contributed by atoms with Crippen molar-refractivity contribution in [2.45, 2.75) is 13.0 Å². The second-order valence-electron chi connectivity index (χ2n) is 4.86. The summed E-state index contributed by atoms with van der Waals surface area (Å²) in [4.78, 5) is 11.3. The van der Waals surface area contributed by atoms with E-state index in [1.165, 1.54) is 12.7 Å². The quantitative estimate of drug-likeness (QED) is 0.443. The van der Waals surface area contributed by atoms with E-state index in [9.17, 15) is 4.79 Å². The molecule has 3 nitrogen and oxygen atoms in total. The van der Waals surface area contributed by atoms with E-state index in [-0.39, 0.29) is 5.97 Å². The van der Waals surface area contributed by atoms with Gasteiger partial charge in [0.05, 0.1) is 25.9 Å². The van der Waals surface area contributed by atoms with Crippen molar-refractivity contribution in [3.63, 3.8) is 0 Å². The maximum atomic E-state index is 11.3. The van der Waals surface area contributed by atoms with Crippen LogP contribution in [0, 0.1) is 0 Å². The van der Waals surface area contributed by atoms with E-state index >= 15 is 0 Å². The molecule has 0 N–H and O–H groups in total. The first-order valence-corrected chi connectivity index (χ1v) is 7.23. The van der Waals surface area contributed by atoms with Gasteiger partial charge in [0.1, 0.15) is 0 Å². The molecule has 0 saturated carbocycles. The molecule has 3 heteroatoms. The van der Waals surface area contributed by atoms with Gasteiger partial charge in [-0.15, -0.1) is 0 Å². The lowest BCUT2D eigenvalue weighted by Gasteiger charge is -2.02. The first kappa shape index (κ1) is 16.0. The lowest BCUT2D eigenvalue weighted by atomic mass is 10.1. The molecular formula is C19H20O3. The van der Waals surface area contributed by atoms with Gasteiger partial charge >= 0.3 is 5.97 Å². The molecule has 22 heavy (non-hydrogen) atoms. The van der Waals surface area contributed by atoms with Crippen LogP contribution in [0.4, 0.5) is 0 Å². The second-order valence-corrected chi connectivity index (χ2v) is 4.86. The van der Waals surface area contributed by atoms with Gasteiger partial charge in [0, 0.05) is 0 Å². The summed E-state index contributed by atoms with van der Waals surface area (Å²) in [6.45, 7) is 1.22. The molecule has 0 spiro atoms. The Kier molecular flexibility index (Phi) is 6.39. The van der Waals surface area contributed by atoms with E-state index in [0.717, 1.165) is 12.0 Å². The third-order valence-corrected chi connectivity index (χ3v) is 3.22. The first-order chi connectivity index (χ1) is 10.8. The molecule has 0 aromatic heterocycles. The van der Waals surface area contributed by atoms with Crippen molar-refractivity contribution >= 4 is 5.97 Å². The smallest absolute Gasteiger partial charge is 0.337 e. The predicted molar refractivity (Wildman–Crippen MR) is 86.7 cm³/mol. The van der Waals surface area contributed by atoms with Gasteiger partial charge in [0.2, 0.25) is 0 Å². The zero-order chi connectivity index (χ0) is 15.6. The molecule has 0 heterocycles. The molecule has 0 saturated heterocycles. The SMILES string of the molecule is COC(=O)c1ccc(CC=CCOCc2ccccc2)cc1. The molecular weight excluding hydrogens is 276 g/mol. The maximum absolute atomic E-state index is 11.3. The summed E-state index contributed by atoms with van der Waals surface area (Å²) in [5, 5.41) is 0. The van der Waals surface area contributed by atoms with Crippen molar-refractivity contribution in [3.05, 3.63) is 83.4 Å². The van der Waals surface area contributed by atoms with Crippen LogP contribution in [0.1, 0.15) is 21.5 Å². The van der Waals surface area contributed by atoms with Crippen LogP contribution in [-0.2, 0) is 22.5 Å². The molecule has 2 aromatic carbocycles. The fourth-order valence-electron chi connectivity index (χ4n) is 2.00. The molecule has 0 amide bonds. The number of carbonyl (C=O) groups excluding carboxylic acids is 1. The topological polar surface area (TPSA) is 35.5 Å². The van der Waals surface area contributed by atoms with Gasteiger partial charge in [-0.1, -0.05) is 54.6 Å². The van der Waals surface area contributed by atoms with Crippen molar-refractivity contribution < 1.29 is 14.3 Å². The van der Waals surface area contributed by atoms with E-state index in [1.54, 1.807) is 12.1 Å². The van der Waals surface area contributed by atoms with Crippen molar-refractivity contribution in [3.8, 4) is 0 Å². The fourth-order valence-corrected chi connectivity index (χ4v) is 2.00. The van der Waals surface area contributed by atoms with Gasteiger partial charge in [0.25, 0.3) is 0 Å². The number of esters is 1. The van der Waals surface area contributed by atoms with Gasteiger partial charge in [-0.3, -0.25) is 0 Å². The highest BCUT2D eigenvalue weighted by Crippen LogP contribution is 2.07. The highest BCUT2D eigenvalue weighted by Gasteiger charge is 2.03. The zero-order valence-corrected chi connectivity index (χ0v) is 12.7. The Labute approximate surface area is 131 Å². The van der Waals surface area contributed by atoms with Gasteiger partial charge < -0.3 is 9.47 Å². The summed E-state index contributed by atoms with van der Waals surface area (Å²) in [6.07, 6.45) is 4.89. The van der Waals surface area contributed by atoms with Crippen molar-refractivity contribution in [2.24, 2.45) is 0 Å². The molecule has 0 radical (unpaired) electrons. The van der Waals surface area contributed by atoms with Crippen molar-refractivity contribution in [1.82, 2.24) is 0 Å². The van der Waals surface area contributed by atoms with Crippen molar-refractivity contribution in [1.29, 1.82) is 0 Å². The minimum Gasteiger partial charge on any atom is -0.465 e. The van der Waals surface area contributed by atoms with Crippen LogP contribution in [-0.4, -0.2) is 19.7 Å². The molecule has 0 fully saturated rings. The Morgan fingerprint density at radius 2 is 1.68 bits per heavy atom. The van der Waals surface area contributed by atoms with Gasteiger partial charge in [-0.25, -0.2) is 4.79 Å². The number of hydrogen-bond donors (Lipinski definition) is 0. The average Bonchev–Trinajstić information content (AvgIpc) is 2.58. The average molecular weight is 296 g/mol. The molecule has 0 aliphatic rings. The molecule has 0 unspecified atom stereocenters. The third kappa shape index (κ3) is 5.19. The predicted octanol–water partition coefficient (Wildman–Crippen LogP) is 3.79. The summed E-state index contributed by atoms with van der Waals surface area (Å²) in [5.41, 5.74) is 2.89. The highest BCUT2D eigenvalue weighted by atomic mass is 16.5. The number of hydrogen-bond acceptors (Lipinski definition) is 3. The van der Waals surface area contributed by atoms with Crippen LogP contribution in [0.15, 0.2) is 66.7 Å². The van der Waals surface area contributed by atoms with E-state index in [1.807, 2.05) is 48.5 Å². The number of methoxy groups -OCH3 is 1. The van der Waals surface area contributed by atoms with E-state index in [0.29, 0.717) is 18.8 Å². The monoisotopic (exact) mass is 296 g/mol. The maximum Gasteiger partial charge on any atom is 0.337 e. The lowest BCUT2D eigenvalue weighted by Crippen LogP contribution is -2.00. The van der Waals surface area contributed by atoms with Gasteiger partial charge in [-0.2, -0.15) is 0 Å². The summed E-state index contributed by atoms with van der Waals surface area (Å²) >= 11 is 0. The largest absolute Gasteiger partial charge is 0.465 e. The summed E-state index contributed by atoms with van der Waals surface area (Å²) < 4.78 is 10.2. The molecule has 0 bridgehead atoms. The number of carbonyl (C=O) groups is 1. The number of benzene rings is 2. The lowest BCUT2D eigenvalue weighted by molar-refractivity contribution is 0.0600. The molecule has 114 valence electrons. The van der Waals surface area contributed by atoms with Crippen LogP contribution in [0.3, 0.4) is 0 Å². The molecule has 2 aromatic rings. The van der Waals surface area contributed by atoms with E-state index in [4.69, 9.17) is 4.74 Å². The minimum atomic E-state index is -0.309. The normalized spacial score (nSPS) is 10.8. The van der Waals surface area contributed by atoms with Crippen molar-refractivity contribution in [2.75, 3.05) is 13.7 Å². The Bertz CT molecular complexity index is 600. The van der Waals surface area contributed by atoms with Crippen LogP contribution in [0.25, 0.3) is 0 Å². The number of ether oxygens (including phenoxy) is 2. The number of allylic oxidation sites excluding steroid dienone is 1. The van der Waals surface area contributed by atoms with Gasteiger partial charge in [0.15, 0.2) is 0 Å². The van der Waals surface area contributed by atoms with E-state index < -0.39 is 0 Å². The Morgan fingerprint density at radius 1 is 0.955 bits per heavy atom. The Hall–Kier alpha value is -2.39. The van der Waals surface area contributed by atoms with Crippen LogP contribution in [0.2, 0.25) is 0 Å².